The lowest BCUT2D eigenvalue weighted by Crippen LogP contribution is -1.81. The molecule has 0 N–H and O–H groups in total. The van der Waals surface area contributed by atoms with Crippen LogP contribution in [0.3, 0.4) is 0 Å². The maximum atomic E-state index is 3.72. The molecule has 0 saturated carbocycles. The first-order valence-corrected chi connectivity index (χ1v) is 19.1. The monoisotopic (exact) mass is 583 g/mol. The molecule has 0 nitrogen and oxygen atoms in total. The minimum atomic E-state index is 1.20. The SMILES string of the molecule is C=CCCCCCCCCCC.CCCCCCCCCCC=CCCCCCCCCCCCC.c1ccccc1. The summed E-state index contributed by atoms with van der Waals surface area (Å²) in [4.78, 5) is 0. The van der Waals surface area contributed by atoms with E-state index in [0.717, 1.165) is 0 Å². The van der Waals surface area contributed by atoms with Gasteiger partial charge in [-0.15, -0.1) is 6.58 Å². The van der Waals surface area contributed by atoms with Crippen molar-refractivity contribution < 1.29 is 0 Å². The first kappa shape index (κ1) is 42.8. The first-order valence-electron chi connectivity index (χ1n) is 19.1. The summed E-state index contributed by atoms with van der Waals surface area (Å²) in [5.41, 5.74) is 0. The molecule has 1 aromatic carbocycles. The summed E-state index contributed by atoms with van der Waals surface area (Å²) in [5, 5.41) is 0. The number of hydrogen-bond acceptors (Lipinski definition) is 0. The largest absolute Gasteiger partial charge is 0.103 e. The van der Waals surface area contributed by atoms with Gasteiger partial charge in [-0.2, -0.15) is 0 Å². The molecule has 246 valence electrons. The van der Waals surface area contributed by atoms with Gasteiger partial charge in [0.05, 0.1) is 0 Å². The highest BCUT2D eigenvalue weighted by molar-refractivity contribution is 4.99. The smallest absolute Gasteiger partial charge is 0.0351 e. The van der Waals surface area contributed by atoms with Gasteiger partial charge >= 0.3 is 0 Å². The molecule has 0 aliphatic rings. The van der Waals surface area contributed by atoms with Gasteiger partial charge in [0.2, 0.25) is 0 Å². The molecule has 0 amide bonds. The van der Waals surface area contributed by atoms with Crippen molar-refractivity contribution in [3.63, 3.8) is 0 Å². The Morgan fingerprint density at radius 1 is 0.310 bits per heavy atom. The van der Waals surface area contributed by atoms with E-state index in [1.54, 1.807) is 0 Å². The molecule has 0 heteroatoms. The predicted molar refractivity (Wildman–Crippen MR) is 197 cm³/mol. The Kier molecular flexibility index (Phi) is 45.0. The van der Waals surface area contributed by atoms with E-state index < -0.39 is 0 Å². The molecule has 1 rings (SSSR count). The van der Waals surface area contributed by atoms with E-state index in [1.165, 1.54) is 186 Å². The highest BCUT2D eigenvalue weighted by Gasteiger charge is 1.93. The Balaban J connectivity index is 0. The second kappa shape index (κ2) is 44.1. The van der Waals surface area contributed by atoms with Crippen molar-refractivity contribution in [2.45, 2.75) is 207 Å². The van der Waals surface area contributed by atoms with Gasteiger partial charge in [-0.1, -0.05) is 223 Å². The van der Waals surface area contributed by atoms with Crippen LogP contribution in [-0.2, 0) is 0 Å². The fraction of sp³-hybridized carbons (Fsp3) is 0.762. The Hall–Kier alpha value is -1.30. The van der Waals surface area contributed by atoms with Crippen LogP contribution < -0.4 is 0 Å². The quantitative estimate of drug-likeness (QED) is 0.0651. The number of benzene rings is 1. The highest BCUT2D eigenvalue weighted by atomic mass is 14.0. The fourth-order valence-corrected chi connectivity index (χ4v) is 5.19. The minimum Gasteiger partial charge on any atom is -0.103 e. The molecule has 0 bridgehead atoms. The normalized spacial score (nSPS) is 10.6. The maximum absolute atomic E-state index is 3.72. The van der Waals surface area contributed by atoms with Crippen LogP contribution in [0.25, 0.3) is 0 Å². The van der Waals surface area contributed by atoms with Crippen molar-refractivity contribution in [2.24, 2.45) is 0 Å². The Labute approximate surface area is 267 Å². The van der Waals surface area contributed by atoms with E-state index in [-0.39, 0.29) is 0 Å². The molecular formula is C42H78. The lowest BCUT2D eigenvalue weighted by Gasteiger charge is -2.01. The molecule has 1 aromatic rings. The molecule has 0 radical (unpaired) electrons. The molecule has 0 saturated heterocycles. The predicted octanol–water partition coefficient (Wildman–Crippen LogP) is 15.8. The van der Waals surface area contributed by atoms with Crippen LogP contribution in [0.5, 0.6) is 0 Å². The van der Waals surface area contributed by atoms with Crippen molar-refractivity contribution in [3.8, 4) is 0 Å². The minimum absolute atomic E-state index is 1.20. The molecule has 0 unspecified atom stereocenters. The van der Waals surface area contributed by atoms with E-state index in [0.29, 0.717) is 0 Å². The van der Waals surface area contributed by atoms with Gasteiger partial charge in [0.25, 0.3) is 0 Å². The molecule has 0 fully saturated rings. The van der Waals surface area contributed by atoms with E-state index >= 15 is 0 Å². The average molecular weight is 583 g/mol. The van der Waals surface area contributed by atoms with E-state index in [2.05, 4.69) is 39.5 Å². The van der Waals surface area contributed by atoms with Gasteiger partial charge in [0.1, 0.15) is 0 Å². The van der Waals surface area contributed by atoms with E-state index in [4.69, 9.17) is 0 Å². The molecule has 42 heavy (non-hydrogen) atoms. The summed E-state index contributed by atoms with van der Waals surface area (Å²) in [6.07, 6.45) is 47.9. The second-order valence-electron chi connectivity index (χ2n) is 12.4. The molecular weight excluding hydrogens is 504 g/mol. The second-order valence-corrected chi connectivity index (χ2v) is 12.4. The topological polar surface area (TPSA) is 0 Å². The summed E-state index contributed by atoms with van der Waals surface area (Å²) < 4.78 is 0. The Bertz CT molecular complexity index is 544. The van der Waals surface area contributed by atoms with Gasteiger partial charge in [0, 0.05) is 0 Å². The van der Waals surface area contributed by atoms with Gasteiger partial charge in [-0.25, -0.2) is 0 Å². The lowest BCUT2D eigenvalue weighted by atomic mass is 10.1. The van der Waals surface area contributed by atoms with Crippen molar-refractivity contribution in [3.05, 3.63) is 61.2 Å². The first-order chi connectivity index (χ1) is 20.8. The lowest BCUT2D eigenvalue weighted by molar-refractivity contribution is 0.557. The third kappa shape index (κ3) is 45.7. The van der Waals surface area contributed by atoms with Gasteiger partial charge in [-0.05, 0) is 38.5 Å². The van der Waals surface area contributed by atoms with Crippen molar-refractivity contribution >= 4 is 0 Å². The molecule has 0 spiro atoms. The summed E-state index contributed by atoms with van der Waals surface area (Å²) in [7, 11) is 0. The molecule has 0 atom stereocenters. The van der Waals surface area contributed by atoms with Crippen LogP contribution in [0.1, 0.15) is 207 Å². The van der Waals surface area contributed by atoms with E-state index in [9.17, 15) is 0 Å². The van der Waals surface area contributed by atoms with Crippen LogP contribution >= 0.6 is 0 Å². The summed E-state index contributed by atoms with van der Waals surface area (Å²) in [5.74, 6) is 0. The highest BCUT2D eigenvalue weighted by Crippen LogP contribution is 2.13. The van der Waals surface area contributed by atoms with Gasteiger partial charge < -0.3 is 0 Å². The Morgan fingerprint density at radius 2 is 0.524 bits per heavy atom. The van der Waals surface area contributed by atoms with Crippen molar-refractivity contribution in [1.82, 2.24) is 0 Å². The van der Waals surface area contributed by atoms with Crippen LogP contribution in [0, 0.1) is 0 Å². The number of rotatable bonds is 29. The van der Waals surface area contributed by atoms with Crippen LogP contribution in [0.4, 0.5) is 0 Å². The zero-order chi connectivity index (χ0) is 30.9. The summed E-state index contributed by atoms with van der Waals surface area (Å²) in [6.45, 7) is 10.6. The summed E-state index contributed by atoms with van der Waals surface area (Å²) >= 11 is 0. The molecule has 0 heterocycles. The molecule has 0 aliphatic heterocycles. The number of hydrogen-bond donors (Lipinski definition) is 0. The summed E-state index contributed by atoms with van der Waals surface area (Å²) in [6, 6.07) is 12.0. The third-order valence-corrected chi connectivity index (χ3v) is 8.04. The molecule has 0 aromatic heterocycles. The van der Waals surface area contributed by atoms with Gasteiger partial charge in [0.15, 0.2) is 0 Å². The zero-order valence-corrected chi connectivity index (χ0v) is 29.4. The van der Waals surface area contributed by atoms with Crippen molar-refractivity contribution in [1.29, 1.82) is 0 Å². The maximum Gasteiger partial charge on any atom is -0.0351 e. The van der Waals surface area contributed by atoms with Gasteiger partial charge in [-0.3, -0.25) is 0 Å². The fourth-order valence-electron chi connectivity index (χ4n) is 5.19. The standard InChI is InChI=1S/C24H48.C12H24.C6H6/c1-3-5-7-9-11-13-15-17-19-21-23-24-22-20-18-16-14-12-10-8-6-4-2;1-3-5-7-9-11-12-10-8-6-4-2;1-2-4-6-5-3-1/h21,23H,3-20,22,24H2,1-2H3;3H,1,4-12H2,2H3;1-6H. The van der Waals surface area contributed by atoms with E-state index in [1.807, 2.05) is 42.5 Å². The Morgan fingerprint density at radius 3 is 0.762 bits per heavy atom. The van der Waals surface area contributed by atoms with Crippen molar-refractivity contribution in [2.75, 3.05) is 0 Å². The van der Waals surface area contributed by atoms with Crippen LogP contribution in [0.15, 0.2) is 61.2 Å². The van der Waals surface area contributed by atoms with Crippen LogP contribution in [0.2, 0.25) is 0 Å². The zero-order valence-electron chi connectivity index (χ0n) is 29.4. The number of allylic oxidation sites excluding steroid dienone is 3. The third-order valence-electron chi connectivity index (χ3n) is 8.04. The van der Waals surface area contributed by atoms with Crippen LogP contribution in [-0.4, -0.2) is 0 Å². The number of unbranched alkanes of at least 4 members (excludes halogenated alkanes) is 26. The average Bonchev–Trinajstić information content (AvgIpc) is 3.03. The molecule has 0 aliphatic carbocycles.